The molecule has 1 atom stereocenters. The summed E-state index contributed by atoms with van der Waals surface area (Å²) in [7, 11) is 0. The maximum absolute atomic E-state index is 10.7. The van der Waals surface area contributed by atoms with Crippen molar-refractivity contribution in [3.8, 4) is 0 Å². The molecular weight excluding hydrogens is 323 g/mol. The molecule has 2 N–H and O–H groups in total. The lowest BCUT2D eigenvalue weighted by molar-refractivity contribution is 0.0655. The van der Waals surface area contributed by atoms with Crippen LogP contribution in [0.2, 0.25) is 5.02 Å². The summed E-state index contributed by atoms with van der Waals surface area (Å²) in [6.45, 7) is 0. The maximum Gasteiger partial charge on any atom is 0.371 e. The van der Waals surface area contributed by atoms with Crippen LogP contribution in [0.4, 0.5) is 0 Å². The van der Waals surface area contributed by atoms with Gasteiger partial charge in [0.05, 0.1) is 0 Å². The second-order valence-corrected chi connectivity index (χ2v) is 4.90. The van der Waals surface area contributed by atoms with Crippen molar-refractivity contribution in [2.24, 2.45) is 0 Å². The van der Waals surface area contributed by atoms with Gasteiger partial charge in [-0.25, -0.2) is 4.79 Å². The molecule has 0 aliphatic heterocycles. The van der Waals surface area contributed by atoms with E-state index >= 15 is 0 Å². The molecular formula is C12H8BrClO4. The van der Waals surface area contributed by atoms with Gasteiger partial charge in [-0.3, -0.25) is 0 Å². The minimum Gasteiger partial charge on any atom is -0.475 e. The third-order valence-electron chi connectivity index (χ3n) is 2.36. The van der Waals surface area contributed by atoms with Crippen LogP contribution in [0.15, 0.2) is 39.2 Å². The van der Waals surface area contributed by atoms with E-state index in [0.29, 0.717) is 10.6 Å². The van der Waals surface area contributed by atoms with Gasteiger partial charge in [0.25, 0.3) is 0 Å². The van der Waals surface area contributed by atoms with E-state index < -0.39 is 12.1 Å². The Labute approximate surface area is 116 Å². The van der Waals surface area contributed by atoms with Crippen molar-refractivity contribution >= 4 is 33.5 Å². The standard InChI is InChI=1S/C12H8BrClO4/c13-6-1-2-7(8(14)5-6)11(15)9-3-4-10(18-9)12(16)17/h1-5,11,15H,(H,16,17). The van der Waals surface area contributed by atoms with Gasteiger partial charge < -0.3 is 14.6 Å². The summed E-state index contributed by atoms with van der Waals surface area (Å²) >= 11 is 9.25. The first kappa shape index (κ1) is 13.1. The summed E-state index contributed by atoms with van der Waals surface area (Å²) in [6, 6.07) is 7.70. The fourth-order valence-corrected chi connectivity index (χ4v) is 2.27. The zero-order valence-electron chi connectivity index (χ0n) is 8.93. The van der Waals surface area contributed by atoms with Gasteiger partial charge in [0, 0.05) is 15.1 Å². The van der Waals surface area contributed by atoms with Crippen LogP contribution in [0.3, 0.4) is 0 Å². The van der Waals surface area contributed by atoms with Crippen molar-refractivity contribution in [2.45, 2.75) is 6.10 Å². The molecule has 0 aliphatic rings. The second-order valence-electron chi connectivity index (χ2n) is 3.58. The molecule has 0 spiro atoms. The Balaban J connectivity index is 2.35. The topological polar surface area (TPSA) is 70.7 Å². The first-order chi connectivity index (χ1) is 8.49. The minimum atomic E-state index is -1.18. The van der Waals surface area contributed by atoms with Gasteiger partial charge in [-0.15, -0.1) is 0 Å². The Bertz CT molecular complexity index is 594. The van der Waals surface area contributed by atoms with Crippen LogP contribution in [-0.2, 0) is 0 Å². The number of aromatic carboxylic acids is 1. The van der Waals surface area contributed by atoms with E-state index in [2.05, 4.69) is 15.9 Å². The first-order valence-corrected chi connectivity index (χ1v) is 6.12. The predicted molar refractivity (Wildman–Crippen MR) is 68.9 cm³/mol. The molecule has 1 heterocycles. The van der Waals surface area contributed by atoms with Crippen LogP contribution < -0.4 is 0 Å². The minimum absolute atomic E-state index is 0.136. The molecule has 1 unspecified atom stereocenters. The van der Waals surface area contributed by atoms with Gasteiger partial charge in [0.2, 0.25) is 5.76 Å². The van der Waals surface area contributed by atoms with E-state index in [1.54, 1.807) is 18.2 Å². The van der Waals surface area contributed by atoms with Crippen LogP contribution in [0.5, 0.6) is 0 Å². The summed E-state index contributed by atoms with van der Waals surface area (Å²) in [5, 5.41) is 19.2. The van der Waals surface area contributed by atoms with Crippen molar-refractivity contribution in [3.63, 3.8) is 0 Å². The zero-order chi connectivity index (χ0) is 13.3. The highest BCUT2D eigenvalue weighted by Crippen LogP contribution is 2.31. The normalized spacial score (nSPS) is 12.4. The van der Waals surface area contributed by atoms with Gasteiger partial charge in [-0.1, -0.05) is 33.6 Å². The third kappa shape index (κ3) is 2.58. The number of hydrogen-bond acceptors (Lipinski definition) is 3. The molecule has 0 radical (unpaired) electrons. The zero-order valence-corrected chi connectivity index (χ0v) is 11.3. The Morgan fingerprint density at radius 2 is 2.06 bits per heavy atom. The SMILES string of the molecule is O=C(O)c1ccc(C(O)c2ccc(Br)cc2Cl)o1. The molecule has 0 amide bonds. The average molecular weight is 332 g/mol. The average Bonchev–Trinajstić information content (AvgIpc) is 2.77. The number of aliphatic hydroxyl groups excluding tert-OH is 1. The molecule has 0 saturated carbocycles. The van der Waals surface area contributed by atoms with Crippen molar-refractivity contribution in [3.05, 3.63) is 56.9 Å². The monoisotopic (exact) mass is 330 g/mol. The number of aliphatic hydroxyl groups is 1. The molecule has 6 heteroatoms. The molecule has 1 aromatic heterocycles. The summed E-state index contributed by atoms with van der Waals surface area (Å²) < 4.78 is 5.81. The molecule has 2 rings (SSSR count). The number of carbonyl (C=O) groups is 1. The maximum atomic E-state index is 10.7. The molecule has 94 valence electrons. The second kappa shape index (κ2) is 5.14. The molecule has 0 bridgehead atoms. The van der Waals surface area contributed by atoms with E-state index in [9.17, 15) is 9.90 Å². The van der Waals surface area contributed by atoms with E-state index in [1.807, 2.05) is 0 Å². The van der Waals surface area contributed by atoms with Crippen molar-refractivity contribution in [1.82, 2.24) is 0 Å². The number of carboxylic acids is 1. The van der Waals surface area contributed by atoms with E-state index in [-0.39, 0.29) is 11.5 Å². The van der Waals surface area contributed by atoms with E-state index in [4.69, 9.17) is 21.1 Å². The van der Waals surface area contributed by atoms with Crippen LogP contribution in [0.1, 0.15) is 28.0 Å². The fourth-order valence-electron chi connectivity index (χ4n) is 1.49. The lowest BCUT2D eigenvalue weighted by atomic mass is 10.1. The highest BCUT2D eigenvalue weighted by molar-refractivity contribution is 9.10. The van der Waals surface area contributed by atoms with Gasteiger partial charge in [-0.05, 0) is 24.3 Å². The highest BCUT2D eigenvalue weighted by atomic mass is 79.9. The Kier molecular flexibility index (Phi) is 3.75. The summed E-state index contributed by atoms with van der Waals surface area (Å²) in [4.78, 5) is 10.7. The van der Waals surface area contributed by atoms with Crippen LogP contribution in [-0.4, -0.2) is 16.2 Å². The third-order valence-corrected chi connectivity index (χ3v) is 3.18. The van der Waals surface area contributed by atoms with Crippen molar-refractivity contribution in [1.29, 1.82) is 0 Å². The molecule has 1 aromatic carbocycles. The first-order valence-electron chi connectivity index (χ1n) is 4.95. The number of halogens is 2. The molecule has 0 fully saturated rings. The van der Waals surface area contributed by atoms with Gasteiger partial charge >= 0.3 is 5.97 Å². The number of benzene rings is 1. The summed E-state index contributed by atoms with van der Waals surface area (Å²) in [5.41, 5.74) is 0.450. The molecule has 18 heavy (non-hydrogen) atoms. The number of rotatable bonds is 3. The molecule has 0 aliphatic carbocycles. The molecule has 0 saturated heterocycles. The van der Waals surface area contributed by atoms with Crippen LogP contribution >= 0.6 is 27.5 Å². The smallest absolute Gasteiger partial charge is 0.371 e. The number of carboxylic acid groups (broad SMARTS) is 1. The van der Waals surface area contributed by atoms with Crippen LogP contribution in [0, 0.1) is 0 Å². The van der Waals surface area contributed by atoms with E-state index in [0.717, 1.165) is 4.47 Å². The summed E-state index contributed by atoms with van der Waals surface area (Å²) in [6.07, 6.45) is -1.10. The lowest BCUT2D eigenvalue weighted by Gasteiger charge is -2.10. The predicted octanol–water partition coefficient (Wildman–Crippen LogP) is 3.48. The van der Waals surface area contributed by atoms with Crippen molar-refractivity contribution < 1.29 is 19.4 Å². The Hall–Kier alpha value is -1.30. The van der Waals surface area contributed by atoms with Gasteiger partial charge in [0.1, 0.15) is 11.9 Å². The summed E-state index contributed by atoms with van der Waals surface area (Å²) in [5.74, 6) is -1.27. The van der Waals surface area contributed by atoms with Gasteiger partial charge in [-0.2, -0.15) is 0 Å². The fraction of sp³-hybridized carbons (Fsp3) is 0.0833. The largest absolute Gasteiger partial charge is 0.475 e. The Morgan fingerprint density at radius 1 is 1.33 bits per heavy atom. The Morgan fingerprint density at radius 3 is 2.61 bits per heavy atom. The quantitative estimate of drug-likeness (QED) is 0.903. The number of furan rings is 1. The van der Waals surface area contributed by atoms with Crippen molar-refractivity contribution in [2.75, 3.05) is 0 Å². The lowest BCUT2D eigenvalue weighted by Crippen LogP contribution is -1.99. The number of hydrogen-bond donors (Lipinski definition) is 2. The molecule has 2 aromatic rings. The van der Waals surface area contributed by atoms with Gasteiger partial charge in [0.15, 0.2) is 0 Å². The van der Waals surface area contributed by atoms with Crippen LogP contribution in [0.25, 0.3) is 0 Å². The molecule has 4 nitrogen and oxygen atoms in total. The highest BCUT2D eigenvalue weighted by Gasteiger charge is 2.19. The van der Waals surface area contributed by atoms with E-state index in [1.165, 1.54) is 12.1 Å².